The van der Waals surface area contributed by atoms with Crippen LogP contribution in [0.4, 0.5) is 0 Å². The van der Waals surface area contributed by atoms with E-state index in [4.69, 9.17) is 19.3 Å². The van der Waals surface area contributed by atoms with E-state index in [1.807, 2.05) is 0 Å². The molecule has 0 aromatic rings. The van der Waals surface area contributed by atoms with Gasteiger partial charge in [-0.2, -0.15) is 0 Å². The fourth-order valence-corrected chi connectivity index (χ4v) is 1.81. The first-order chi connectivity index (χ1) is 6.03. The molecule has 0 aliphatic carbocycles. The molecule has 2 heterocycles. The van der Waals surface area contributed by atoms with Gasteiger partial charge in [-0.05, 0) is 13.8 Å². The standard InChI is InChI=1S/C8H14O5/c1-8(2)12-5-4(3-9)11-7(10)6(5)13-8/h4-7,9-10H,3H2,1-2H3/t4-,5-,6-,7+/m1/s1. The van der Waals surface area contributed by atoms with Crippen molar-refractivity contribution in [2.24, 2.45) is 0 Å². The molecule has 5 nitrogen and oxygen atoms in total. The number of fused-ring (bicyclic) bond motifs is 1. The van der Waals surface area contributed by atoms with Crippen LogP contribution in [0.3, 0.4) is 0 Å². The minimum Gasteiger partial charge on any atom is -0.394 e. The molecule has 4 atom stereocenters. The number of rotatable bonds is 1. The Bertz CT molecular complexity index is 205. The van der Waals surface area contributed by atoms with Crippen molar-refractivity contribution >= 4 is 0 Å². The fourth-order valence-electron chi connectivity index (χ4n) is 1.81. The Kier molecular flexibility index (Phi) is 2.08. The van der Waals surface area contributed by atoms with Gasteiger partial charge in [0.2, 0.25) is 0 Å². The van der Waals surface area contributed by atoms with Crippen molar-refractivity contribution in [3.8, 4) is 0 Å². The molecule has 0 amide bonds. The monoisotopic (exact) mass is 190 g/mol. The van der Waals surface area contributed by atoms with Crippen LogP contribution in [0, 0.1) is 0 Å². The molecule has 0 saturated carbocycles. The Morgan fingerprint density at radius 2 is 1.85 bits per heavy atom. The van der Waals surface area contributed by atoms with E-state index in [2.05, 4.69) is 0 Å². The Morgan fingerprint density at radius 1 is 1.23 bits per heavy atom. The third-order valence-corrected chi connectivity index (χ3v) is 2.31. The maximum absolute atomic E-state index is 9.39. The van der Waals surface area contributed by atoms with Gasteiger partial charge in [-0.15, -0.1) is 0 Å². The molecular formula is C8H14O5. The lowest BCUT2D eigenvalue weighted by Crippen LogP contribution is -2.31. The first kappa shape index (κ1) is 9.36. The van der Waals surface area contributed by atoms with Crippen molar-refractivity contribution in [3.05, 3.63) is 0 Å². The number of hydrogen-bond acceptors (Lipinski definition) is 5. The van der Waals surface area contributed by atoms with Gasteiger partial charge in [0.05, 0.1) is 6.61 Å². The third-order valence-electron chi connectivity index (χ3n) is 2.31. The number of hydrogen-bond donors (Lipinski definition) is 2. The quantitative estimate of drug-likeness (QED) is 0.567. The van der Waals surface area contributed by atoms with Crippen molar-refractivity contribution in [2.75, 3.05) is 6.61 Å². The highest BCUT2D eigenvalue weighted by Gasteiger charge is 2.54. The van der Waals surface area contributed by atoms with Crippen LogP contribution in [0.5, 0.6) is 0 Å². The third kappa shape index (κ3) is 1.47. The molecule has 2 fully saturated rings. The lowest BCUT2D eigenvalue weighted by Gasteiger charge is -2.21. The van der Waals surface area contributed by atoms with E-state index >= 15 is 0 Å². The molecule has 2 saturated heterocycles. The second kappa shape index (κ2) is 2.90. The van der Waals surface area contributed by atoms with Crippen LogP contribution in [-0.4, -0.2) is 47.2 Å². The van der Waals surface area contributed by atoms with Gasteiger partial charge in [0.25, 0.3) is 0 Å². The van der Waals surface area contributed by atoms with Crippen LogP contribution in [0.15, 0.2) is 0 Å². The van der Waals surface area contributed by atoms with Gasteiger partial charge in [-0.3, -0.25) is 0 Å². The second-order valence-corrected chi connectivity index (χ2v) is 3.81. The highest BCUT2D eigenvalue weighted by Crippen LogP contribution is 2.37. The first-order valence-corrected chi connectivity index (χ1v) is 4.33. The molecule has 2 rings (SSSR count). The molecule has 0 aromatic carbocycles. The summed E-state index contributed by atoms with van der Waals surface area (Å²) in [6, 6.07) is 0. The summed E-state index contributed by atoms with van der Waals surface area (Å²) >= 11 is 0. The molecule has 2 N–H and O–H groups in total. The zero-order valence-electron chi connectivity index (χ0n) is 7.64. The lowest BCUT2D eigenvalue weighted by atomic mass is 10.1. The first-order valence-electron chi connectivity index (χ1n) is 4.33. The summed E-state index contributed by atoms with van der Waals surface area (Å²) in [6.45, 7) is 3.37. The lowest BCUT2D eigenvalue weighted by molar-refractivity contribution is -0.223. The van der Waals surface area contributed by atoms with E-state index in [0.717, 1.165) is 0 Å². The van der Waals surface area contributed by atoms with Crippen molar-refractivity contribution in [3.63, 3.8) is 0 Å². The molecule has 0 aromatic heterocycles. The Hall–Kier alpha value is -0.200. The van der Waals surface area contributed by atoms with E-state index in [0.29, 0.717) is 0 Å². The van der Waals surface area contributed by atoms with Gasteiger partial charge in [-0.25, -0.2) is 0 Å². The van der Waals surface area contributed by atoms with Crippen molar-refractivity contribution in [1.29, 1.82) is 0 Å². The zero-order chi connectivity index (χ0) is 9.64. The Labute approximate surface area is 76.2 Å². The largest absolute Gasteiger partial charge is 0.394 e. The summed E-state index contributed by atoms with van der Waals surface area (Å²) in [5, 5.41) is 18.3. The van der Waals surface area contributed by atoms with Crippen LogP contribution >= 0.6 is 0 Å². The molecule has 76 valence electrons. The molecule has 2 aliphatic heterocycles. The van der Waals surface area contributed by atoms with E-state index in [1.165, 1.54) is 0 Å². The maximum atomic E-state index is 9.39. The fraction of sp³-hybridized carbons (Fsp3) is 1.00. The van der Waals surface area contributed by atoms with Gasteiger partial charge in [0.1, 0.15) is 18.3 Å². The molecule has 0 radical (unpaired) electrons. The van der Waals surface area contributed by atoms with E-state index < -0.39 is 24.3 Å². The van der Waals surface area contributed by atoms with E-state index in [1.54, 1.807) is 13.8 Å². The summed E-state index contributed by atoms with van der Waals surface area (Å²) in [4.78, 5) is 0. The molecule has 0 spiro atoms. The summed E-state index contributed by atoms with van der Waals surface area (Å²) in [5.41, 5.74) is 0. The highest BCUT2D eigenvalue weighted by molar-refractivity contribution is 4.94. The van der Waals surface area contributed by atoms with Gasteiger partial charge in [0.15, 0.2) is 12.1 Å². The van der Waals surface area contributed by atoms with Crippen molar-refractivity contribution < 1.29 is 24.4 Å². The van der Waals surface area contributed by atoms with Gasteiger partial charge in [0, 0.05) is 0 Å². The number of aliphatic hydroxyl groups is 2. The topological polar surface area (TPSA) is 68.2 Å². The minimum atomic E-state index is -0.996. The minimum absolute atomic E-state index is 0.169. The second-order valence-electron chi connectivity index (χ2n) is 3.81. The molecule has 0 unspecified atom stereocenters. The summed E-state index contributed by atoms with van der Waals surface area (Å²) in [5.74, 6) is -0.701. The smallest absolute Gasteiger partial charge is 0.184 e. The van der Waals surface area contributed by atoms with Crippen LogP contribution < -0.4 is 0 Å². The highest BCUT2D eigenvalue weighted by atomic mass is 16.8. The van der Waals surface area contributed by atoms with Crippen LogP contribution in [0.25, 0.3) is 0 Å². The number of ether oxygens (including phenoxy) is 3. The Balaban J connectivity index is 2.12. The van der Waals surface area contributed by atoms with Gasteiger partial charge in [-0.1, -0.05) is 0 Å². The van der Waals surface area contributed by atoms with Crippen molar-refractivity contribution in [2.45, 2.75) is 44.2 Å². The van der Waals surface area contributed by atoms with Crippen LogP contribution in [0.1, 0.15) is 13.8 Å². The molecule has 5 heteroatoms. The number of aliphatic hydroxyl groups excluding tert-OH is 2. The maximum Gasteiger partial charge on any atom is 0.184 e. The summed E-state index contributed by atoms with van der Waals surface area (Å²) in [6.07, 6.45) is -2.33. The Morgan fingerprint density at radius 3 is 2.46 bits per heavy atom. The average Bonchev–Trinajstić information content (AvgIpc) is 2.47. The molecular weight excluding hydrogens is 176 g/mol. The average molecular weight is 190 g/mol. The van der Waals surface area contributed by atoms with Crippen molar-refractivity contribution in [1.82, 2.24) is 0 Å². The van der Waals surface area contributed by atoms with Crippen LogP contribution in [-0.2, 0) is 14.2 Å². The van der Waals surface area contributed by atoms with E-state index in [-0.39, 0.29) is 12.7 Å². The zero-order valence-corrected chi connectivity index (χ0v) is 7.64. The van der Waals surface area contributed by atoms with Gasteiger partial charge < -0.3 is 24.4 Å². The summed E-state index contributed by atoms with van der Waals surface area (Å²) in [7, 11) is 0. The predicted octanol–water partition coefficient (Wildman–Crippen LogP) is -0.784. The molecule has 0 bridgehead atoms. The van der Waals surface area contributed by atoms with E-state index in [9.17, 15) is 5.11 Å². The van der Waals surface area contributed by atoms with Crippen LogP contribution in [0.2, 0.25) is 0 Å². The van der Waals surface area contributed by atoms with Gasteiger partial charge >= 0.3 is 0 Å². The summed E-state index contributed by atoms with van der Waals surface area (Å²) < 4.78 is 15.9. The predicted molar refractivity (Wildman–Crippen MR) is 41.8 cm³/mol. The molecule has 13 heavy (non-hydrogen) atoms. The normalized spacial score (nSPS) is 48.0. The molecule has 2 aliphatic rings. The SMILES string of the molecule is CC1(C)O[C@@H]2[C@H](O1)[C@@H](CO)O[C@@H]2O.